The molecule has 18 heavy (non-hydrogen) atoms. The summed E-state index contributed by atoms with van der Waals surface area (Å²) in [5, 5.41) is 3.24. The molecule has 0 spiro atoms. The van der Waals surface area contributed by atoms with Crippen LogP contribution in [-0.2, 0) is 9.53 Å². The van der Waals surface area contributed by atoms with Crippen molar-refractivity contribution in [2.24, 2.45) is 0 Å². The number of nitrogens with zero attached hydrogens (tertiary/aromatic N) is 2. The highest BCUT2D eigenvalue weighted by Gasteiger charge is 2.07. The van der Waals surface area contributed by atoms with Crippen molar-refractivity contribution in [3.63, 3.8) is 0 Å². The molecule has 0 saturated heterocycles. The van der Waals surface area contributed by atoms with Gasteiger partial charge < -0.3 is 10.1 Å². The van der Waals surface area contributed by atoms with Gasteiger partial charge in [-0.3, -0.25) is 4.79 Å². The SMILES string of the molecule is CCOC(=O)CCNc1cc(C(C)C)nc(Cl)n1. The number of carbonyl (C=O) groups is 1. The highest BCUT2D eigenvalue weighted by Crippen LogP contribution is 2.17. The fourth-order valence-corrected chi connectivity index (χ4v) is 1.54. The predicted octanol–water partition coefficient (Wildman–Crippen LogP) is 2.62. The summed E-state index contributed by atoms with van der Waals surface area (Å²) in [5.74, 6) is 0.674. The molecule has 0 aromatic carbocycles. The number of hydrogen-bond donors (Lipinski definition) is 1. The van der Waals surface area contributed by atoms with Gasteiger partial charge in [0.2, 0.25) is 5.28 Å². The molecule has 1 N–H and O–H groups in total. The molecule has 1 aromatic heterocycles. The second kappa shape index (κ2) is 7.16. The van der Waals surface area contributed by atoms with Crippen molar-refractivity contribution in [2.45, 2.75) is 33.1 Å². The molecule has 0 unspecified atom stereocenters. The lowest BCUT2D eigenvalue weighted by Gasteiger charge is -2.09. The van der Waals surface area contributed by atoms with Crippen LogP contribution in [0.4, 0.5) is 5.82 Å². The second-order valence-electron chi connectivity index (χ2n) is 4.08. The average Bonchev–Trinajstić information content (AvgIpc) is 2.28. The summed E-state index contributed by atoms with van der Waals surface area (Å²) < 4.78 is 4.83. The van der Waals surface area contributed by atoms with Gasteiger partial charge in [-0.1, -0.05) is 13.8 Å². The summed E-state index contributed by atoms with van der Waals surface area (Å²) in [6.07, 6.45) is 0.298. The van der Waals surface area contributed by atoms with Crippen LogP contribution in [-0.4, -0.2) is 29.1 Å². The summed E-state index contributed by atoms with van der Waals surface area (Å²) in [6.45, 7) is 6.70. The summed E-state index contributed by atoms with van der Waals surface area (Å²) in [5.41, 5.74) is 0.869. The first-order valence-electron chi connectivity index (χ1n) is 5.97. The maximum atomic E-state index is 11.2. The van der Waals surface area contributed by atoms with Gasteiger partial charge in [-0.05, 0) is 24.4 Å². The standard InChI is InChI=1S/C12H18ClN3O2/c1-4-18-11(17)5-6-14-10-7-9(8(2)3)15-12(13)16-10/h7-8H,4-6H2,1-3H3,(H,14,15,16). The quantitative estimate of drug-likeness (QED) is 0.636. The minimum atomic E-state index is -0.228. The van der Waals surface area contributed by atoms with Crippen molar-refractivity contribution in [2.75, 3.05) is 18.5 Å². The Bertz CT molecular complexity index is 410. The molecule has 0 amide bonds. The van der Waals surface area contributed by atoms with E-state index in [9.17, 15) is 4.79 Å². The zero-order chi connectivity index (χ0) is 13.5. The number of esters is 1. The van der Waals surface area contributed by atoms with Gasteiger partial charge in [0.1, 0.15) is 5.82 Å². The Kier molecular flexibility index (Phi) is 5.85. The maximum absolute atomic E-state index is 11.2. The molecule has 1 aromatic rings. The number of ether oxygens (including phenoxy) is 1. The largest absolute Gasteiger partial charge is 0.466 e. The van der Waals surface area contributed by atoms with E-state index in [1.807, 2.05) is 19.9 Å². The maximum Gasteiger partial charge on any atom is 0.307 e. The van der Waals surface area contributed by atoms with E-state index in [0.717, 1.165) is 5.69 Å². The number of carbonyl (C=O) groups excluding carboxylic acids is 1. The van der Waals surface area contributed by atoms with Crippen molar-refractivity contribution in [1.82, 2.24) is 9.97 Å². The van der Waals surface area contributed by atoms with Gasteiger partial charge in [0.15, 0.2) is 0 Å². The van der Waals surface area contributed by atoms with Crippen molar-refractivity contribution in [3.05, 3.63) is 17.0 Å². The predicted molar refractivity (Wildman–Crippen MR) is 70.9 cm³/mol. The monoisotopic (exact) mass is 271 g/mol. The molecule has 0 fully saturated rings. The Balaban J connectivity index is 2.54. The lowest BCUT2D eigenvalue weighted by Crippen LogP contribution is -2.12. The second-order valence-corrected chi connectivity index (χ2v) is 4.42. The van der Waals surface area contributed by atoms with Crippen LogP contribution >= 0.6 is 11.6 Å². The number of nitrogens with one attached hydrogen (secondary N) is 1. The van der Waals surface area contributed by atoms with Crippen LogP contribution in [0.2, 0.25) is 5.28 Å². The molecule has 1 heterocycles. The van der Waals surface area contributed by atoms with Gasteiger partial charge in [0, 0.05) is 12.6 Å². The van der Waals surface area contributed by atoms with Gasteiger partial charge in [-0.25, -0.2) is 9.97 Å². The first-order chi connectivity index (χ1) is 8.52. The normalized spacial score (nSPS) is 10.5. The smallest absolute Gasteiger partial charge is 0.307 e. The lowest BCUT2D eigenvalue weighted by molar-refractivity contribution is -0.142. The van der Waals surface area contributed by atoms with E-state index in [2.05, 4.69) is 15.3 Å². The molecule has 0 aliphatic heterocycles. The zero-order valence-corrected chi connectivity index (χ0v) is 11.6. The number of hydrogen-bond acceptors (Lipinski definition) is 5. The van der Waals surface area contributed by atoms with Crippen molar-refractivity contribution in [3.8, 4) is 0 Å². The van der Waals surface area contributed by atoms with Crippen LogP contribution in [0.5, 0.6) is 0 Å². The Morgan fingerprint density at radius 1 is 1.50 bits per heavy atom. The molecule has 100 valence electrons. The van der Waals surface area contributed by atoms with E-state index in [1.165, 1.54) is 0 Å². The molecule has 0 aliphatic carbocycles. The van der Waals surface area contributed by atoms with E-state index >= 15 is 0 Å². The first-order valence-corrected chi connectivity index (χ1v) is 6.34. The summed E-state index contributed by atoms with van der Waals surface area (Å²) in [7, 11) is 0. The Hall–Kier alpha value is -1.36. The van der Waals surface area contributed by atoms with Gasteiger partial charge in [0.25, 0.3) is 0 Å². The van der Waals surface area contributed by atoms with Crippen LogP contribution in [0, 0.1) is 0 Å². The molecular formula is C12H18ClN3O2. The summed E-state index contributed by atoms with van der Waals surface area (Å²) in [4.78, 5) is 19.3. The molecule has 0 saturated carbocycles. The van der Waals surface area contributed by atoms with Crippen molar-refractivity contribution in [1.29, 1.82) is 0 Å². The minimum Gasteiger partial charge on any atom is -0.466 e. The van der Waals surface area contributed by atoms with Crippen molar-refractivity contribution >= 4 is 23.4 Å². The lowest BCUT2D eigenvalue weighted by atomic mass is 10.1. The number of aromatic nitrogens is 2. The molecular weight excluding hydrogens is 254 g/mol. The van der Waals surface area contributed by atoms with Gasteiger partial charge in [-0.15, -0.1) is 0 Å². The third kappa shape index (κ3) is 4.87. The Morgan fingerprint density at radius 3 is 2.83 bits per heavy atom. The van der Waals surface area contributed by atoms with E-state index in [1.54, 1.807) is 6.92 Å². The fraction of sp³-hybridized carbons (Fsp3) is 0.583. The van der Waals surface area contributed by atoms with Crippen molar-refractivity contribution < 1.29 is 9.53 Å². The molecule has 0 bridgehead atoms. The molecule has 1 rings (SSSR count). The molecule has 0 atom stereocenters. The molecule has 0 radical (unpaired) electrons. The van der Waals surface area contributed by atoms with Gasteiger partial charge in [-0.2, -0.15) is 0 Å². The molecule has 0 aliphatic rings. The van der Waals surface area contributed by atoms with E-state index in [-0.39, 0.29) is 17.2 Å². The van der Waals surface area contributed by atoms with Crippen LogP contribution in [0.1, 0.15) is 38.8 Å². The average molecular weight is 272 g/mol. The number of halogens is 1. The van der Waals surface area contributed by atoms with E-state index in [4.69, 9.17) is 16.3 Å². The molecule has 6 heteroatoms. The summed E-state index contributed by atoms with van der Waals surface area (Å²) in [6, 6.07) is 1.84. The fourth-order valence-electron chi connectivity index (χ4n) is 1.35. The van der Waals surface area contributed by atoms with Gasteiger partial charge >= 0.3 is 5.97 Å². The first kappa shape index (κ1) is 14.7. The van der Waals surface area contributed by atoms with Gasteiger partial charge in [0.05, 0.1) is 18.7 Å². The van der Waals surface area contributed by atoms with Crippen LogP contribution in [0.15, 0.2) is 6.07 Å². The van der Waals surface area contributed by atoms with E-state index in [0.29, 0.717) is 25.4 Å². The topological polar surface area (TPSA) is 64.1 Å². The van der Waals surface area contributed by atoms with Crippen LogP contribution in [0.25, 0.3) is 0 Å². The zero-order valence-electron chi connectivity index (χ0n) is 10.9. The Morgan fingerprint density at radius 2 is 2.22 bits per heavy atom. The number of rotatable bonds is 6. The Labute approximate surface area is 112 Å². The highest BCUT2D eigenvalue weighted by molar-refractivity contribution is 6.28. The van der Waals surface area contributed by atoms with E-state index < -0.39 is 0 Å². The molecule has 5 nitrogen and oxygen atoms in total. The van der Waals surface area contributed by atoms with Crippen LogP contribution in [0.3, 0.4) is 0 Å². The number of anilines is 1. The minimum absolute atomic E-state index is 0.208. The third-order valence-electron chi connectivity index (χ3n) is 2.25. The highest BCUT2D eigenvalue weighted by atomic mass is 35.5. The van der Waals surface area contributed by atoms with Crippen LogP contribution < -0.4 is 5.32 Å². The summed E-state index contributed by atoms with van der Waals surface area (Å²) >= 11 is 5.83. The third-order valence-corrected chi connectivity index (χ3v) is 2.42.